The first-order valence-electron chi connectivity index (χ1n) is 11.2. The number of carbonyl (C=O) groups excluding carboxylic acids is 2. The molecular formula is C28H32N2O3. The molecule has 0 aliphatic rings. The number of para-hydroxylation sites is 1. The van der Waals surface area contributed by atoms with Crippen LogP contribution in [0.1, 0.15) is 49.2 Å². The van der Waals surface area contributed by atoms with Crippen LogP contribution in [0.15, 0.2) is 78.9 Å². The molecule has 5 nitrogen and oxygen atoms in total. The Morgan fingerprint density at radius 3 is 2.18 bits per heavy atom. The second-order valence-electron chi connectivity index (χ2n) is 9.06. The average Bonchev–Trinajstić information content (AvgIpc) is 2.79. The molecule has 0 aliphatic carbocycles. The van der Waals surface area contributed by atoms with Gasteiger partial charge in [-0.3, -0.25) is 9.59 Å². The normalized spacial score (nSPS) is 12.0. The van der Waals surface area contributed by atoms with E-state index >= 15 is 0 Å². The summed E-state index contributed by atoms with van der Waals surface area (Å²) in [6, 6.07) is 24.7. The fraction of sp³-hybridized carbons (Fsp3) is 0.286. The fourth-order valence-electron chi connectivity index (χ4n) is 3.38. The molecule has 3 aromatic rings. The Morgan fingerprint density at radius 2 is 1.52 bits per heavy atom. The number of ether oxygens (including phenoxy) is 1. The SMILES string of the molecule is C[C@H](Oc1ccc(C(C)(C)C)cc1)C(=O)Nc1ccccc1C(=O)NCCc1ccccc1. The third kappa shape index (κ3) is 6.94. The van der Waals surface area contributed by atoms with E-state index in [9.17, 15) is 9.59 Å². The Morgan fingerprint density at radius 1 is 0.879 bits per heavy atom. The van der Waals surface area contributed by atoms with E-state index in [2.05, 4.69) is 31.4 Å². The van der Waals surface area contributed by atoms with Crippen LogP contribution in [-0.2, 0) is 16.6 Å². The first-order chi connectivity index (χ1) is 15.7. The molecule has 0 unspecified atom stereocenters. The third-order valence-corrected chi connectivity index (χ3v) is 5.37. The van der Waals surface area contributed by atoms with Crippen molar-refractivity contribution in [1.29, 1.82) is 0 Å². The Kier molecular flexibility index (Phi) is 7.88. The van der Waals surface area contributed by atoms with Gasteiger partial charge >= 0.3 is 0 Å². The summed E-state index contributed by atoms with van der Waals surface area (Å²) in [5.41, 5.74) is 3.27. The zero-order chi connectivity index (χ0) is 23.8. The molecule has 0 fully saturated rings. The van der Waals surface area contributed by atoms with Crippen LogP contribution in [0.2, 0.25) is 0 Å². The van der Waals surface area contributed by atoms with Crippen molar-refractivity contribution in [3.8, 4) is 5.75 Å². The highest BCUT2D eigenvalue weighted by Gasteiger charge is 2.19. The van der Waals surface area contributed by atoms with Gasteiger partial charge in [0.1, 0.15) is 5.75 Å². The van der Waals surface area contributed by atoms with Gasteiger partial charge in [-0.15, -0.1) is 0 Å². The maximum Gasteiger partial charge on any atom is 0.265 e. The molecule has 3 rings (SSSR count). The summed E-state index contributed by atoms with van der Waals surface area (Å²) in [5.74, 6) is 0.0743. The minimum Gasteiger partial charge on any atom is -0.481 e. The van der Waals surface area contributed by atoms with Crippen LogP contribution >= 0.6 is 0 Å². The van der Waals surface area contributed by atoms with Crippen molar-refractivity contribution >= 4 is 17.5 Å². The van der Waals surface area contributed by atoms with E-state index in [4.69, 9.17) is 4.74 Å². The number of amides is 2. The molecule has 0 heterocycles. The topological polar surface area (TPSA) is 67.4 Å². The van der Waals surface area contributed by atoms with Crippen molar-refractivity contribution in [3.05, 3.63) is 95.6 Å². The summed E-state index contributed by atoms with van der Waals surface area (Å²) in [4.78, 5) is 25.5. The van der Waals surface area contributed by atoms with Gasteiger partial charge in [0.2, 0.25) is 0 Å². The minimum atomic E-state index is -0.723. The van der Waals surface area contributed by atoms with Gasteiger partial charge in [-0.2, -0.15) is 0 Å². The lowest BCUT2D eigenvalue weighted by atomic mass is 9.87. The summed E-state index contributed by atoms with van der Waals surface area (Å²) in [7, 11) is 0. The van der Waals surface area contributed by atoms with Gasteiger partial charge in [-0.05, 0) is 54.2 Å². The molecule has 1 atom stereocenters. The predicted octanol–water partition coefficient (Wildman–Crippen LogP) is 5.36. The van der Waals surface area contributed by atoms with Crippen molar-refractivity contribution < 1.29 is 14.3 Å². The number of carbonyl (C=O) groups is 2. The number of rotatable bonds is 8. The molecule has 0 radical (unpaired) electrons. The first-order valence-corrected chi connectivity index (χ1v) is 11.2. The first kappa shape index (κ1) is 24.1. The molecular weight excluding hydrogens is 412 g/mol. The van der Waals surface area contributed by atoms with Crippen molar-refractivity contribution in [2.24, 2.45) is 0 Å². The van der Waals surface area contributed by atoms with Crippen LogP contribution in [0, 0.1) is 0 Å². The Hall–Kier alpha value is -3.60. The molecule has 3 aromatic carbocycles. The van der Waals surface area contributed by atoms with Crippen LogP contribution < -0.4 is 15.4 Å². The molecule has 0 aromatic heterocycles. The number of benzene rings is 3. The highest BCUT2D eigenvalue weighted by atomic mass is 16.5. The quantitative estimate of drug-likeness (QED) is 0.491. The Balaban J connectivity index is 1.58. The van der Waals surface area contributed by atoms with Gasteiger partial charge in [0.05, 0.1) is 11.3 Å². The zero-order valence-electron chi connectivity index (χ0n) is 19.7. The maximum absolute atomic E-state index is 12.7. The molecule has 0 bridgehead atoms. The van der Waals surface area contributed by atoms with Gasteiger partial charge < -0.3 is 15.4 Å². The molecule has 0 saturated carbocycles. The van der Waals surface area contributed by atoms with Gasteiger partial charge in [0.25, 0.3) is 11.8 Å². The molecule has 33 heavy (non-hydrogen) atoms. The number of anilines is 1. The van der Waals surface area contributed by atoms with Gasteiger partial charge in [-0.25, -0.2) is 0 Å². The minimum absolute atomic E-state index is 0.0485. The van der Waals surface area contributed by atoms with Crippen molar-refractivity contribution in [3.63, 3.8) is 0 Å². The predicted molar refractivity (Wildman–Crippen MR) is 133 cm³/mol. The number of hydrogen-bond donors (Lipinski definition) is 2. The molecule has 2 amide bonds. The van der Waals surface area contributed by atoms with E-state index in [1.807, 2.05) is 54.6 Å². The average molecular weight is 445 g/mol. The maximum atomic E-state index is 12.7. The summed E-state index contributed by atoms with van der Waals surface area (Å²) in [6.45, 7) is 8.64. The lowest BCUT2D eigenvalue weighted by molar-refractivity contribution is -0.122. The van der Waals surface area contributed by atoms with Gasteiger partial charge in [-0.1, -0.05) is 75.4 Å². The third-order valence-electron chi connectivity index (χ3n) is 5.37. The largest absolute Gasteiger partial charge is 0.481 e. The van der Waals surface area contributed by atoms with Crippen molar-refractivity contribution in [2.45, 2.75) is 45.6 Å². The molecule has 0 spiro atoms. The monoisotopic (exact) mass is 444 g/mol. The summed E-state index contributed by atoms with van der Waals surface area (Å²) < 4.78 is 5.82. The van der Waals surface area contributed by atoms with Crippen LogP contribution in [-0.4, -0.2) is 24.5 Å². The van der Waals surface area contributed by atoms with Gasteiger partial charge in [0, 0.05) is 6.54 Å². The standard InChI is InChI=1S/C28H32N2O3/c1-20(33-23-16-14-22(15-17-23)28(2,3)4)26(31)30-25-13-9-8-12-24(25)27(32)29-19-18-21-10-6-5-7-11-21/h5-17,20H,18-19H2,1-4H3,(H,29,32)(H,30,31)/t20-/m0/s1. The van der Waals surface area contributed by atoms with Crippen molar-refractivity contribution in [1.82, 2.24) is 5.32 Å². The molecule has 0 saturated heterocycles. The zero-order valence-corrected chi connectivity index (χ0v) is 19.7. The van der Waals surface area contributed by atoms with E-state index in [1.54, 1.807) is 31.2 Å². The molecule has 172 valence electrons. The smallest absolute Gasteiger partial charge is 0.265 e. The van der Waals surface area contributed by atoms with E-state index in [-0.39, 0.29) is 17.2 Å². The molecule has 0 aliphatic heterocycles. The van der Waals surface area contributed by atoms with E-state index < -0.39 is 6.10 Å². The fourth-order valence-corrected chi connectivity index (χ4v) is 3.38. The van der Waals surface area contributed by atoms with Crippen LogP contribution in [0.3, 0.4) is 0 Å². The van der Waals surface area contributed by atoms with E-state index in [0.29, 0.717) is 23.5 Å². The summed E-state index contributed by atoms with van der Waals surface area (Å²) >= 11 is 0. The number of hydrogen-bond acceptors (Lipinski definition) is 3. The second-order valence-corrected chi connectivity index (χ2v) is 9.06. The highest BCUT2D eigenvalue weighted by molar-refractivity contribution is 6.04. The van der Waals surface area contributed by atoms with E-state index in [1.165, 1.54) is 5.56 Å². The lowest BCUT2D eigenvalue weighted by Gasteiger charge is -2.20. The number of nitrogens with one attached hydrogen (secondary N) is 2. The lowest BCUT2D eigenvalue weighted by Crippen LogP contribution is -2.32. The van der Waals surface area contributed by atoms with Crippen molar-refractivity contribution in [2.75, 3.05) is 11.9 Å². The molecule has 5 heteroatoms. The van der Waals surface area contributed by atoms with Gasteiger partial charge in [0.15, 0.2) is 6.10 Å². The Bertz CT molecular complexity index is 1070. The van der Waals surface area contributed by atoms with Crippen LogP contribution in [0.25, 0.3) is 0 Å². The molecule has 2 N–H and O–H groups in total. The highest BCUT2D eigenvalue weighted by Crippen LogP contribution is 2.25. The summed E-state index contributed by atoms with van der Waals surface area (Å²) in [6.07, 6.45) is 0.0136. The van der Waals surface area contributed by atoms with E-state index in [0.717, 1.165) is 12.0 Å². The Labute approximate surface area is 196 Å². The second kappa shape index (κ2) is 10.8. The van der Waals surface area contributed by atoms with Crippen LogP contribution in [0.4, 0.5) is 5.69 Å². The summed E-state index contributed by atoms with van der Waals surface area (Å²) in [5, 5.41) is 5.76. The van der Waals surface area contributed by atoms with Crippen LogP contribution in [0.5, 0.6) is 5.75 Å².